The largest absolute Gasteiger partial charge is 0.456 e. The van der Waals surface area contributed by atoms with E-state index in [9.17, 15) is 0 Å². The van der Waals surface area contributed by atoms with Gasteiger partial charge in [-0.3, -0.25) is 0 Å². The van der Waals surface area contributed by atoms with Crippen molar-refractivity contribution in [3.8, 4) is 11.1 Å². The van der Waals surface area contributed by atoms with Crippen LogP contribution in [0.25, 0.3) is 43.8 Å². The Kier molecular flexibility index (Phi) is 3.82. The highest BCUT2D eigenvalue weighted by atomic mass is 16.3. The number of fused-ring (bicyclic) bond motifs is 4. The molecule has 0 fully saturated rings. The number of furan rings is 1. The molecule has 0 bridgehead atoms. The summed E-state index contributed by atoms with van der Waals surface area (Å²) >= 11 is 0. The van der Waals surface area contributed by atoms with Crippen molar-refractivity contribution >= 4 is 44.1 Å². The molecule has 1 aromatic heterocycles. The SMILES string of the molecule is c1ccc(-c2ccc(Nc3ccc4cc5oc6ccccc6c5cc4c3)cc2)cc1. The minimum Gasteiger partial charge on any atom is -0.456 e. The Bertz CT molecular complexity index is 1490. The van der Waals surface area contributed by atoms with Crippen LogP contribution in [0.3, 0.4) is 0 Å². The van der Waals surface area contributed by atoms with Crippen LogP contribution in [-0.4, -0.2) is 0 Å². The highest BCUT2D eigenvalue weighted by Crippen LogP contribution is 2.33. The fourth-order valence-corrected chi connectivity index (χ4v) is 4.09. The molecule has 0 saturated carbocycles. The van der Waals surface area contributed by atoms with Gasteiger partial charge in [-0.15, -0.1) is 0 Å². The predicted octanol–water partition coefficient (Wildman–Crippen LogP) is 8.15. The molecule has 0 aliphatic rings. The lowest BCUT2D eigenvalue weighted by atomic mass is 10.0. The fourth-order valence-electron chi connectivity index (χ4n) is 4.09. The van der Waals surface area contributed by atoms with Gasteiger partial charge in [0.2, 0.25) is 0 Å². The van der Waals surface area contributed by atoms with E-state index in [1.807, 2.05) is 18.2 Å². The Balaban J connectivity index is 1.35. The van der Waals surface area contributed by atoms with E-state index in [1.165, 1.54) is 21.9 Å². The third-order valence-corrected chi connectivity index (χ3v) is 5.62. The second-order valence-electron chi connectivity index (χ2n) is 7.58. The average molecular weight is 385 g/mol. The first-order chi connectivity index (χ1) is 14.8. The van der Waals surface area contributed by atoms with E-state index >= 15 is 0 Å². The van der Waals surface area contributed by atoms with Crippen molar-refractivity contribution in [3.05, 3.63) is 109 Å². The van der Waals surface area contributed by atoms with Gasteiger partial charge in [0, 0.05) is 22.1 Å². The Labute approximate surface area is 174 Å². The maximum Gasteiger partial charge on any atom is 0.136 e. The number of hydrogen-bond donors (Lipinski definition) is 1. The summed E-state index contributed by atoms with van der Waals surface area (Å²) in [6.45, 7) is 0. The van der Waals surface area contributed by atoms with Gasteiger partial charge in [-0.1, -0.05) is 66.7 Å². The van der Waals surface area contributed by atoms with Crippen LogP contribution in [0.15, 0.2) is 114 Å². The topological polar surface area (TPSA) is 25.2 Å². The van der Waals surface area contributed by atoms with Crippen molar-refractivity contribution < 1.29 is 4.42 Å². The molecular formula is C28H19NO. The molecule has 2 heteroatoms. The van der Waals surface area contributed by atoms with Crippen molar-refractivity contribution in [2.24, 2.45) is 0 Å². The van der Waals surface area contributed by atoms with Crippen LogP contribution in [0.5, 0.6) is 0 Å². The number of hydrogen-bond acceptors (Lipinski definition) is 2. The fraction of sp³-hybridized carbons (Fsp3) is 0. The summed E-state index contributed by atoms with van der Waals surface area (Å²) in [6.07, 6.45) is 0. The van der Waals surface area contributed by atoms with E-state index < -0.39 is 0 Å². The molecule has 0 radical (unpaired) electrons. The Hall–Kier alpha value is -4.04. The van der Waals surface area contributed by atoms with Crippen LogP contribution in [-0.2, 0) is 0 Å². The van der Waals surface area contributed by atoms with Gasteiger partial charge in [-0.2, -0.15) is 0 Å². The maximum absolute atomic E-state index is 6.02. The Morgan fingerprint density at radius 3 is 2.07 bits per heavy atom. The molecule has 142 valence electrons. The number of rotatable bonds is 3. The maximum atomic E-state index is 6.02. The molecule has 5 aromatic carbocycles. The van der Waals surface area contributed by atoms with Crippen molar-refractivity contribution in [2.75, 3.05) is 5.32 Å². The molecule has 0 atom stereocenters. The summed E-state index contributed by atoms with van der Waals surface area (Å²) in [5.74, 6) is 0. The van der Waals surface area contributed by atoms with E-state index in [0.717, 1.165) is 33.3 Å². The first kappa shape index (κ1) is 16.9. The van der Waals surface area contributed by atoms with Crippen molar-refractivity contribution in [1.29, 1.82) is 0 Å². The van der Waals surface area contributed by atoms with E-state index in [0.29, 0.717) is 0 Å². The molecule has 6 aromatic rings. The quantitative estimate of drug-likeness (QED) is 0.332. The van der Waals surface area contributed by atoms with E-state index in [4.69, 9.17) is 4.42 Å². The van der Waals surface area contributed by atoms with Crippen molar-refractivity contribution in [3.63, 3.8) is 0 Å². The van der Waals surface area contributed by atoms with Gasteiger partial charge < -0.3 is 9.73 Å². The molecule has 0 unspecified atom stereocenters. The molecule has 0 amide bonds. The zero-order valence-corrected chi connectivity index (χ0v) is 16.3. The number of anilines is 2. The predicted molar refractivity (Wildman–Crippen MR) is 126 cm³/mol. The lowest BCUT2D eigenvalue weighted by molar-refractivity contribution is 0.669. The van der Waals surface area contributed by atoms with Crippen LogP contribution >= 0.6 is 0 Å². The molecule has 0 spiro atoms. The van der Waals surface area contributed by atoms with Gasteiger partial charge in [0.05, 0.1) is 0 Å². The minimum atomic E-state index is 0.930. The summed E-state index contributed by atoms with van der Waals surface area (Å²) in [5, 5.41) is 8.21. The normalized spacial score (nSPS) is 11.3. The van der Waals surface area contributed by atoms with Crippen LogP contribution in [0.1, 0.15) is 0 Å². The van der Waals surface area contributed by atoms with Crippen molar-refractivity contribution in [1.82, 2.24) is 0 Å². The first-order valence-corrected chi connectivity index (χ1v) is 10.1. The third-order valence-electron chi connectivity index (χ3n) is 5.62. The zero-order chi connectivity index (χ0) is 19.9. The van der Waals surface area contributed by atoms with Gasteiger partial charge in [-0.25, -0.2) is 0 Å². The molecule has 1 N–H and O–H groups in total. The van der Waals surface area contributed by atoms with Gasteiger partial charge in [0.15, 0.2) is 0 Å². The molecule has 0 aliphatic carbocycles. The number of para-hydroxylation sites is 1. The Morgan fingerprint density at radius 1 is 0.467 bits per heavy atom. The zero-order valence-electron chi connectivity index (χ0n) is 16.3. The van der Waals surface area contributed by atoms with E-state index in [2.05, 4.69) is 96.3 Å². The number of benzene rings is 5. The molecule has 6 rings (SSSR count). The van der Waals surface area contributed by atoms with Crippen LogP contribution in [0.4, 0.5) is 11.4 Å². The molecule has 30 heavy (non-hydrogen) atoms. The summed E-state index contributed by atoms with van der Waals surface area (Å²) in [7, 11) is 0. The van der Waals surface area contributed by atoms with Crippen molar-refractivity contribution in [2.45, 2.75) is 0 Å². The van der Waals surface area contributed by atoms with Gasteiger partial charge in [-0.05, 0) is 64.4 Å². The third kappa shape index (κ3) is 2.90. The highest BCUT2D eigenvalue weighted by Gasteiger charge is 2.08. The summed E-state index contributed by atoms with van der Waals surface area (Å²) in [4.78, 5) is 0. The number of nitrogens with one attached hydrogen (secondary N) is 1. The Morgan fingerprint density at radius 2 is 1.20 bits per heavy atom. The molecule has 1 heterocycles. The van der Waals surface area contributed by atoms with Gasteiger partial charge >= 0.3 is 0 Å². The molecule has 0 saturated heterocycles. The van der Waals surface area contributed by atoms with Gasteiger partial charge in [0.1, 0.15) is 11.2 Å². The second-order valence-corrected chi connectivity index (χ2v) is 7.58. The monoisotopic (exact) mass is 385 g/mol. The van der Waals surface area contributed by atoms with Crippen LogP contribution < -0.4 is 5.32 Å². The highest BCUT2D eigenvalue weighted by molar-refractivity contribution is 6.10. The molecular weight excluding hydrogens is 366 g/mol. The van der Waals surface area contributed by atoms with Gasteiger partial charge in [0.25, 0.3) is 0 Å². The smallest absolute Gasteiger partial charge is 0.136 e. The molecule has 0 aliphatic heterocycles. The standard InChI is InChI=1S/C28H19NO/c1-2-6-19(7-3-1)20-10-13-23(14-11-20)29-24-15-12-21-18-28-26(17-22(21)16-24)25-8-4-5-9-27(25)30-28/h1-18,29H. The van der Waals surface area contributed by atoms with Crippen LogP contribution in [0.2, 0.25) is 0 Å². The minimum absolute atomic E-state index is 0.930. The van der Waals surface area contributed by atoms with E-state index in [-0.39, 0.29) is 0 Å². The lowest BCUT2D eigenvalue weighted by Crippen LogP contribution is -1.90. The summed E-state index contributed by atoms with van der Waals surface area (Å²) in [5.41, 5.74) is 6.45. The molecule has 2 nitrogen and oxygen atoms in total. The second kappa shape index (κ2) is 6.78. The summed E-state index contributed by atoms with van der Waals surface area (Å²) in [6, 6.07) is 38.0. The van der Waals surface area contributed by atoms with Crippen LogP contribution in [0, 0.1) is 0 Å². The van der Waals surface area contributed by atoms with E-state index in [1.54, 1.807) is 0 Å². The lowest BCUT2D eigenvalue weighted by Gasteiger charge is -2.09. The first-order valence-electron chi connectivity index (χ1n) is 10.1. The summed E-state index contributed by atoms with van der Waals surface area (Å²) < 4.78 is 6.02. The average Bonchev–Trinajstić information content (AvgIpc) is 3.16.